The number of carbonyl (C=O) groups excluding carboxylic acids is 1. The third-order valence-electron chi connectivity index (χ3n) is 4.96. The van der Waals surface area contributed by atoms with Crippen molar-refractivity contribution in [1.82, 2.24) is 10.2 Å². The van der Waals surface area contributed by atoms with Crippen LogP contribution in [-0.2, 0) is 6.42 Å². The van der Waals surface area contributed by atoms with E-state index in [9.17, 15) is 4.79 Å². The molecule has 1 aliphatic rings. The van der Waals surface area contributed by atoms with E-state index in [1.165, 1.54) is 43.5 Å². The quantitative estimate of drug-likeness (QED) is 0.860. The van der Waals surface area contributed by atoms with E-state index in [2.05, 4.69) is 47.5 Å². The van der Waals surface area contributed by atoms with E-state index in [-0.39, 0.29) is 5.91 Å². The maximum absolute atomic E-state index is 12.5. The zero-order valence-corrected chi connectivity index (χ0v) is 15.1. The Bertz CT molecular complexity index is 705. The Kier molecular flexibility index (Phi) is 6.24. The fourth-order valence-electron chi connectivity index (χ4n) is 3.42. The number of hydrogen-bond donors (Lipinski definition) is 1. The second-order valence-electron chi connectivity index (χ2n) is 6.79. The SMILES string of the molecule is CCc1cccc(-c2cccc(C(=O)NCCN3CCCCC3)c2)c1. The molecule has 0 aromatic heterocycles. The highest BCUT2D eigenvalue weighted by atomic mass is 16.1. The summed E-state index contributed by atoms with van der Waals surface area (Å²) in [7, 11) is 0. The Balaban J connectivity index is 1.61. The number of amides is 1. The van der Waals surface area contributed by atoms with Gasteiger partial charge in [0, 0.05) is 18.7 Å². The van der Waals surface area contributed by atoms with Crippen LogP contribution < -0.4 is 5.32 Å². The minimum atomic E-state index is 0.0190. The molecule has 0 radical (unpaired) electrons. The molecule has 1 aliphatic heterocycles. The zero-order valence-electron chi connectivity index (χ0n) is 15.1. The standard InChI is InChI=1S/C22H28N2O/c1-2-18-8-6-9-19(16-18)20-10-7-11-21(17-20)22(25)23-12-15-24-13-4-3-5-14-24/h6-11,16-17H,2-5,12-15H2,1H3,(H,23,25). The summed E-state index contributed by atoms with van der Waals surface area (Å²) in [6, 6.07) is 16.4. The Morgan fingerprint density at radius 3 is 2.48 bits per heavy atom. The zero-order chi connectivity index (χ0) is 17.5. The van der Waals surface area contributed by atoms with Crippen LogP contribution in [0.15, 0.2) is 48.5 Å². The predicted octanol–water partition coefficient (Wildman–Crippen LogP) is 4.13. The summed E-state index contributed by atoms with van der Waals surface area (Å²) in [5, 5.41) is 3.07. The largest absolute Gasteiger partial charge is 0.351 e. The third-order valence-corrected chi connectivity index (χ3v) is 4.96. The lowest BCUT2D eigenvalue weighted by atomic mass is 10.00. The minimum absolute atomic E-state index is 0.0190. The maximum Gasteiger partial charge on any atom is 0.251 e. The molecule has 0 unspecified atom stereocenters. The molecule has 3 nitrogen and oxygen atoms in total. The fraction of sp³-hybridized carbons (Fsp3) is 0.409. The van der Waals surface area contributed by atoms with E-state index in [4.69, 9.17) is 0 Å². The summed E-state index contributed by atoms with van der Waals surface area (Å²) in [6.07, 6.45) is 4.93. The number of aryl methyl sites for hydroxylation is 1. The Morgan fingerprint density at radius 2 is 1.72 bits per heavy atom. The maximum atomic E-state index is 12.5. The lowest BCUT2D eigenvalue weighted by molar-refractivity contribution is 0.0946. The highest BCUT2D eigenvalue weighted by Gasteiger charge is 2.11. The number of piperidine rings is 1. The van der Waals surface area contributed by atoms with Crippen molar-refractivity contribution in [2.45, 2.75) is 32.6 Å². The molecule has 0 bridgehead atoms. The van der Waals surface area contributed by atoms with Crippen LogP contribution >= 0.6 is 0 Å². The molecule has 0 saturated carbocycles. The molecule has 0 spiro atoms. The van der Waals surface area contributed by atoms with Crippen LogP contribution in [-0.4, -0.2) is 37.0 Å². The molecule has 3 heteroatoms. The first kappa shape index (κ1) is 17.7. The number of carbonyl (C=O) groups is 1. The van der Waals surface area contributed by atoms with Crippen LogP contribution in [0.25, 0.3) is 11.1 Å². The van der Waals surface area contributed by atoms with Crippen LogP contribution in [0.5, 0.6) is 0 Å². The topological polar surface area (TPSA) is 32.3 Å². The van der Waals surface area contributed by atoms with Gasteiger partial charge in [-0.25, -0.2) is 0 Å². The van der Waals surface area contributed by atoms with Crippen molar-refractivity contribution < 1.29 is 4.79 Å². The van der Waals surface area contributed by atoms with E-state index < -0.39 is 0 Å². The Labute approximate surface area is 151 Å². The van der Waals surface area contributed by atoms with Crippen molar-refractivity contribution in [2.75, 3.05) is 26.2 Å². The molecule has 25 heavy (non-hydrogen) atoms. The summed E-state index contributed by atoms with van der Waals surface area (Å²) in [6.45, 7) is 6.15. The van der Waals surface area contributed by atoms with Gasteiger partial charge in [0.15, 0.2) is 0 Å². The van der Waals surface area contributed by atoms with Gasteiger partial charge >= 0.3 is 0 Å². The molecule has 2 aromatic rings. The van der Waals surface area contributed by atoms with Gasteiger partial charge in [-0.05, 0) is 61.2 Å². The molecule has 1 saturated heterocycles. The van der Waals surface area contributed by atoms with Gasteiger partial charge in [0.25, 0.3) is 5.91 Å². The van der Waals surface area contributed by atoms with Crippen LogP contribution in [0.3, 0.4) is 0 Å². The van der Waals surface area contributed by atoms with Gasteiger partial charge in [0.05, 0.1) is 0 Å². The number of nitrogens with one attached hydrogen (secondary N) is 1. The highest BCUT2D eigenvalue weighted by molar-refractivity contribution is 5.95. The van der Waals surface area contributed by atoms with Gasteiger partial charge in [-0.3, -0.25) is 4.79 Å². The molecule has 1 N–H and O–H groups in total. The predicted molar refractivity (Wildman–Crippen MR) is 104 cm³/mol. The van der Waals surface area contributed by atoms with Crippen LogP contribution in [0.2, 0.25) is 0 Å². The van der Waals surface area contributed by atoms with Crippen molar-refractivity contribution in [3.8, 4) is 11.1 Å². The molecule has 0 aliphatic carbocycles. The van der Waals surface area contributed by atoms with Crippen LogP contribution in [0.4, 0.5) is 0 Å². The Morgan fingerprint density at radius 1 is 1.00 bits per heavy atom. The third kappa shape index (κ3) is 4.93. The number of nitrogens with zero attached hydrogens (tertiary/aromatic N) is 1. The molecule has 132 valence electrons. The first-order valence-corrected chi connectivity index (χ1v) is 9.46. The molecule has 0 atom stereocenters. The summed E-state index contributed by atoms with van der Waals surface area (Å²) in [5.41, 5.74) is 4.31. The van der Waals surface area contributed by atoms with E-state index >= 15 is 0 Å². The lowest BCUT2D eigenvalue weighted by Gasteiger charge is -2.26. The van der Waals surface area contributed by atoms with Crippen LogP contribution in [0.1, 0.15) is 42.1 Å². The van der Waals surface area contributed by atoms with Crippen molar-refractivity contribution in [3.05, 3.63) is 59.7 Å². The van der Waals surface area contributed by atoms with Crippen molar-refractivity contribution in [3.63, 3.8) is 0 Å². The minimum Gasteiger partial charge on any atom is -0.351 e. The summed E-state index contributed by atoms with van der Waals surface area (Å²) in [5.74, 6) is 0.0190. The van der Waals surface area contributed by atoms with Crippen molar-refractivity contribution in [1.29, 1.82) is 0 Å². The summed E-state index contributed by atoms with van der Waals surface area (Å²) < 4.78 is 0. The Hall–Kier alpha value is -2.13. The molecule has 1 fully saturated rings. The number of likely N-dealkylation sites (tertiary alicyclic amines) is 1. The van der Waals surface area contributed by atoms with Gasteiger partial charge in [-0.2, -0.15) is 0 Å². The first-order valence-electron chi connectivity index (χ1n) is 9.46. The van der Waals surface area contributed by atoms with E-state index in [1.54, 1.807) is 0 Å². The molecule has 1 heterocycles. The molecular formula is C22H28N2O. The van der Waals surface area contributed by atoms with Gasteiger partial charge < -0.3 is 10.2 Å². The highest BCUT2D eigenvalue weighted by Crippen LogP contribution is 2.22. The average Bonchev–Trinajstić information content (AvgIpc) is 2.69. The van der Waals surface area contributed by atoms with E-state index in [0.29, 0.717) is 6.54 Å². The van der Waals surface area contributed by atoms with Crippen molar-refractivity contribution in [2.24, 2.45) is 0 Å². The van der Waals surface area contributed by atoms with Crippen LogP contribution in [0, 0.1) is 0 Å². The van der Waals surface area contributed by atoms with E-state index in [0.717, 1.165) is 24.1 Å². The fourth-order valence-corrected chi connectivity index (χ4v) is 3.42. The number of benzene rings is 2. The molecule has 1 amide bonds. The number of rotatable bonds is 6. The molecular weight excluding hydrogens is 308 g/mol. The monoisotopic (exact) mass is 336 g/mol. The van der Waals surface area contributed by atoms with Crippen molar-refractivity contribution >= 4 is 5.91 Å². The smallest absolute Gasteiger partial charge is 0.251 e. The second-order valence-corrected chi connectivity index (χ2v) is 6.79. The van der Waals surface area contributed by atoms with Gasteiger partial charge in [-0.15, -0.1) is 0 Å². The summed E-state index contributed by atoms with van der Waals surface area (Å²) in [4.78, 5) is 14.9. The normalized spacial score (nSPS) is 15.1. The van der Waals surface area contributed by atoms with Gasteiger partial charge in [-0.1, -0.05) is 49.7 Å². The van der Waals surface area contributed by atoms with Gasteiger partial charge in [0.1, 0.15) is 0 Å². The van der Waals surface area contributed by atoms with E-state index in [1.807, 2.05) is 18.2 Å². The summed E-state index contributed by atoms with van der Waals surface area (Å²) >= 11 is 0. The van der Waals surface area contributed by atoms with Gasteiger partial charge in [0.2, 0.25) is 0 Å². The second kappa shape index (κ2) is 8.82. The first-order chi connectivity index (χ1) is 12.3. The average molecular weight is 336 g/mol. The lowest BCUT2D eigenvalue weighted by Crippen LogP contribution is -2.37. The molecule has 3 rings (SSSR count). The molecule has 2 aromatic carbocycles. The number of hydrogen-bond acceptors (Lipinski definition) is 2.